The molecule has 0 radical (unpaired) electrons. The molecule has 7 nitrogen and oxygen atoms in total. The Balaban J connectivity index is 1.35. The van der Waals surface area contributed by atoms with Gasteiger partial charge in [0.1, 0.15) is 6.54 Å². The first kappa shape index (κ1) is 24.4. The molecule has 0 saturated carbocycles. The molecule has 35 heavy (non-hydrogen) atoms. The minimum Gasteiger partial charge on any atom is -0.352 e. The summed E-state index contributed by atoms with van der Waals surface area (Å²) in [6, 6.07) is 21.5. The molecule has 1 aromatic heterocycles. The highest BCUT2D eigenvalue weighted by Gasteiger charge is 2.26. The van der Waals surface area contributed by atoms with Crippen molar-refractivity contribution in [2.45, 2.75) is 26.7 Å². The van der Waals surface area contributed by atoms with E-state index >= 15 is 0 Å². The molecule has 3 aromatic rings. The van der Waals surface area contributed by atoms with Gasteiger partial charge in [-0.3, -0.25) is 9.59 Å². The number of hydrogen-bond acceptors (Lipinski definition) is 5. The van der Waals surface area contributed by atoms with E-state index < -0.39 is 0 Å². The number of unbranched alkanes of at least 4 members (excludes halogenated alkanes) is 1. The summed E-state index contributed by atoms with van der Waals surface area (Å²) < 4.78 is 0. The summed E-state index contributed by atoms with van der Waals surface area (Å²) in [4.78, 5) is 32.0. The molecule has 0 atom stereocenters. The molecule has 2 heterocycles. The van der Waals surface area contributed by atoms with E-state index in [-0.39, 0.29) is 18.4 Å². The molecular formula is C28H33N5O2. The molecule has 0 bridgehead atoms. The van der Waals surface area contributed by atoms with Crippen LogP contribution in [0.4, 0.5) is 5.82 Å². The van der Waals surface area contributed by atoms with Crippen molar-refractivity contribution >= 4 is 17.6 Å². The number of aryl methyl sites for hydroxylation is 1. The van der Waals surface area contributed by atoms with E-state index in [1.807, 2.05) is 78.6 Å². The number of carbonyl (C=O) groups is 2. The highest BCUT2D eigenvalue weighted by atomic mass is 16.2. The van der Waals surface area contributed by atoms with Crippen LogP contribution in [-0.4, -0.2) is 71.1 Å². The number of carbonyl (C=O) groups excluding carboxylic acids is 2. The first-order chi connectivity index (χ1) is 17.1. The first-order valence-electron chi connectivity index (χ1n) is 12.3. The van der Waals surface area contributed by atoms with Gasteiger partial charge in [-0.1, -0.05) is 61.9 Å². The first-order valence-corrected chi connectivity index (χ1v) is 12.3. The number of aromatic nitrogens is 2. The zero-order valence-electron chi connectivity index (χ0n) is 20.6. The van der Waals surface area contributed by atoms with Gasteiger partial charge in [-0.05, 0) is 37.1 Å². The Kier molecular flexibility index (Phi) is 8.08. The monoisotopic (exact) mass is 471 g/mol. The Morgan fingerprint density at radius 1 is 0.886 bits per heavy atom. The quantitative estimate of drug-likeness (QED) is 0.496. The van der Waals surface area contributed by atoms with E-state index in [4.69, 9.17) is 0 Å². The van der Waals surface area contributed by atoms with Crippen LogP contribution in [-0.2, 0) is 4.79 Å². The van der Waals surface area contributed by atoms with Crippen molar-refractivity contribution in [2.75, 3.05) is 44.2 Å². The minimum atomic E-state index is -0.0719. The summed E-state index contributed by atoms with van der Waals surface area (Å²) in [5, 5.41) is 8.80. The van der Waals surface area contributed by atoms with Crippen molar-refractivity contribution in [3.8, 4) is 11.3 Å². The van der Waals surface area contributed by atoms with Crippen LogP contribution in [0.2, 0.25) is 0 Å². The molecule has 182 valence electrons. The number of rotatable bonds is 8. The third-order valence-electron chi connectivity index (χ3n) is 6.45. The van der Waals surface area contributed by atoms with Crippen LogP contribution in [0.15, 0.2) is 66.7 Å². The molecule has 0 spiro atoms. The van der Waals surface area contributed by atoms with Crippen molar-refractivity contribution in [3.05, 3.63) is 77.9 Å². The summed E-state index contributed by atoms with van der Waals surface area (Å²) >= 11 is 0. The number of anilines is 1. The lowest BCUT2D eigenvalue weighted by Gasteiger charge is -2.36. The summed E-state index contributed by atoms with van der Waals surface area (Å²) in [6.07, 6.45) is 1.84. The molecule has 0 aliphatic carbocycles. The average Bonchev–Trinajstić information content (AvgIpc) is 2.91. The number of nitrogens with zero attached hydrogens (tertiary/aromatic N) is 5. The van der Waals surface area contributed by atoms with Crippen LogP contribution in [0.3, 0.4) is 0 Å². The Bertz CT molecular complexity index is 1130. The molecule has 4 rings (SSSR count). The lowest BCUT2D eigenvalue weighted by atomic mass is 10.1. The van der Waals surface area contributed by atoms with Crippen molar-refractivity contribution in [1.29, 1.82) is 0 Å². The summed E-state index contributed by atoms with van der Waals surface area (Å²) in [5.74, 6) is 0.738. The zero-order chi connectivity index (χ0) is 24.6. The van der Waals surface area contributed by atoms with Gasteiger partial charge in [0.15, 0.2) is 5.82 Å². The fourth-order valence-electron chi connectivity index (χ4n) is 4.29. The van der Waals surface area contributed by atoms with E-state index in [0.29, 0.717) is 38.3 Å². The van der Waals surface area contributed by atoms with E-state index in [1.165, 1.54) is 0 Å². The Labute approximate surface area is 207 Å². The lowest BCUT2D eigenvalue weighted by molar-refractivity contribution is -0.132. The standard InChI is InChI=1S/C28H33N5O2/c1-3-4-16-33(28(35)24-13-9-8-10-22(24)2)21-27(34)32-19-17-31(18-20-32)26-15-14-25(29-30-26)23-11-6-5-7-12-23/h5-15H,3-4,16-21H2,1-2H3. The van der Waals surface area contributed by atoms with Crippen LogP contribution in [0, 0.1) is 6.92 Å². The fraction of sp³-hybridized carbons (Fsp3) is 0.357. The predicted octanol–water partition coefficient (Wildman–Crippen LogP) is 4.04. The van der Waals surface area contributed by atoms with Crippen molar-refractivity contribution in [2.24, 2.45) is 0 Å². The molecular weight excluding hydrogens is 438 g/mol. The van der Waals surface area contributed by atoms with Crippen molar-refractivity contribution in [1.82, 2.24) is 20.0 Å². The molecule has 2 aromatic carbocycles. The van der Waals surface area contributed by atoms with Crippen molar-refractivity contribution < 1.29 is 9.59 Å². The normalized spacial score (nSPS) is 13.5. The second-order valence-corrected chi connectivity index (χ2v) is 8.91. The zero-order valence-corrected chi connectivity index (χ0v) is 20.6. The number of benzene rings is 2. The van der Waals surface area contributed by atoms with Gasteiger partial charge in [0.2, 0.25) is 5.91 Å². The van der Waals surface area contributed by atoms with Gasteiger partial charge in [-0.2, -0.15) is 0 Å². The number of amides is 2. The second-order valence-electron chi connectivity index (χ2n) is 8.91. The predicted molar refractivity (Wildman–Crippen MR) is 138 cm³/mol. The minimum absolute atomic E-state index is 0.00630. The van der Waals surface area contributed by atoms with Crippen LogP contribution < -0.4 is 4.90 Å². The molecule has 2 amide bonds. The van der Waals surface area contributed by atoms with Crippen LogP contribution in [0.25, 0.3) is 11.3 Å². The van der Waals surface area contributed by atoms with Gasteiger partial charge in [0, 0.05) is 43.9 Å². The van der Waals surface area contributed by atoms with Gasteiger partial charge in [-0.15, -0.1) is 10.2 Å². The van der Waals surface area contributed by atoms with E-state index in [2.05, 4.69) is 22.0 Å². The molecule has 1 aliphatic heterocycles. The molecule has 0 N–H and O–H groups in total. The Hall–Kier alpha value is -3.74. The lowest BCUT2D eigenvalue weighted by Crippen LogP contribution is -2.52. The Morgan fingerprint density at radius 2 is 1.60 bits per heavy atom. The van der Waals surface area contributed by atoms with E-state index in [0.717, 1.165) is 35.5 Å². The highest BCUT2D eigenvalue weighted by molar-refractivity contribution is 5.97. The van der Waals surface area contributed by atoms with Gasteiger partial charge >= 0.3 is 0 Å². The summed E-state index contributed by atoms with van der Waals surface area (Å²) in [7, 11) is 0. The van der Waals surface area contributed by atoms with Gasteiger partial charge in [-0.25, -0.2) is 0 Å². The maximum atomic E-state index is 13.2. The molecule has 1 saturated heterocycles. The van der Waals surface area contributed by atoms with Crippen LogP contribution in [0.5, 0.6) is 0 Å². The maximum absolute atomic E-state index is 13.2. The van der Waals surface area contributed by atoms with Crippen LogP contribution in [0.1, 0.15) is 35.7 Å². The highest BCUT2D eigenvalue weighted by Crippen LogP contribution is 2.19. The molecule has 7 heteroatoms. The molecule has 0 unspecified atom stereocenters. The van der Waals surface area contributed by atoms with Gasteiger partial charge in [0.05, 0.1) is 5.69 Å². The van der Waals surface area contributed by atoms with Crippen LogP contribution >= 0.6 is 0 Å². The average molecular weight is 472 g/mol. The Morgan fingerprint density at radius 3 is 2.26 bits per heavy atom. The largest absolute Gasteiger partial charge is 0.352 e. The SMILES string of the molecule is CCCCN(CC(=O)N1CCN(c2ccc(-c3ccccc3)nn2)CC1)C(=O)c1ccccc1C. The topological polar surface area (TPSA) is 69.6 Å². The van der Waals surface area contributed by atoms with Gasteiger partial charge in [0.25, 0.3) is 5.91 Å². The number of piperazine rings is 1. The van der Waals surface area contributed by atoms with Gasteiger partial charge < -0.3 is 14.7 Å². The smallest absolute Gasteiger partial charge is 0.254 e. The summed E-state index contributed by atoms with van der Waals surface area (Å²) in [6.45, 7) is 7.28. The fourth-order valence-corrected chi connectivity index (χ4v) is 4.29. The number of hydrogen-bond donors (Lipinski definition) is 0. The second kappa shape index (κ2) is 11.6. The van der Waals surface area contributed by atoms with E-state index in [9.17, 15) is 9.59 Å². The third kappa shape index (κ3) is 6.04. The molecule has 1 fully saturated rings. The maximum Gasteiger partial charge on any atom is 0.254 e. The van der Waals surface area contributed by atoms with E-state index in [1.54, 1.807) is 4.90 Å². The molecule has 1 aliphatic rings. The summed E-state index contributed by atoms with van der Waals surface area (Å²) in [5.41, 5.74) is 3.47. The van der Waals surface area contributed by atoms with Crippen molar-refractivity contribution in [3.63, 3.8) is 0 Å². The third-order valence-corrected chi connectivity index (χ3v) is 6.45.